The summed E-state index contributed by atoms with van der Waals surface area (Å²) in [7, 11) is -3.71. The van der Waals surface area contributed by atoms with Gasteiger partial charge in [0.25, 0.3) is 0 Å². The Morgan fingerprint density at radius 1 is 1.23 bits per heavy atom. The van der Waals surface area contributed by atoms with Crippen LogP contribution in [-0.2, 0) is 19.6 Å². The van der Waals surface area contributed by atoms with Crippen LogP contribution in [0.15, 0.2) is 29.2 Å². The number of amides is 1. The van der Waals surface area contributed by atoms with Crippen LogP contribution < -0.4 is 10.0 Å². The molecule has 0 bridgehead atoms. The Kier molecular flexibility index (Phi) is 8.02. The molecule has 1 aliphatic rings. The van der Waals surface area contributed by atoms with Crippen LogP contribution in [0.5, 0.6) is 0 Å². The van der Waals surface area contributed by atoms with Crippen LogP contribution in [-0.4, -0.2) is 64.7 Å². The minimum Gasteiger partial charge on any atom is -0.379 e. The average Bonchev–Trinajstić information content (AvgIpc) is 2.64. The number of nitrogens with one attached hydrogen (secondary N) is 2. The van der Waals surface area contributed by atoms with Crippen molar-refractivity contribution in [3.63, 3.8) is 0 Å². The topological polar surface area (TPSA) is 87.7 Å². The van der Waals surface area contributed by atoms with Gasteiger partial charge in [-0.25, -0.2) is 8.42 Å². The Morgan fingerprint density at radius 2 is 1.88 bits per heavy atom. The molecule has 146 valence electrons. The monoisotopic (exact) mass is 383 g/mol. The van der Waals surface area contributed by atoms with Gasteiger partial charge in [-0.1, -0.05) is 24.6 Å². The lowest BCUT2D eigenvalue weighted by Gasteiger charge is -2.26. The summed E-state index contributed by atoms with van der Waals surface area (Å²) in [6, 6.07) is 5.79. The molecule has 8 heteroatoms. The van der Waals surface area contributed by atoms with Crippen molar-refractivity contribution in [3.8, 4) is 0 Å². The highest BCUT2D eigenvalue weighted by Crippen LogP contribution is 2.11. The van der Waals surface area contributed by atoms with Gasteiger partial charge in [0, 0.05) is 19.6 Å². The fraction of sp³-hybridized carbons (Fsp3) is 0.611. The fourth-order valence-electron chi connectivity index (χ4n) is 2.76. The van der Waals surface area contributed by atoms with Gasteiger partial charge in [-0.3, -0.25) is 9.69 Å². The van der Waals surface area contributed by atoms with E-state index in [0.717, 1.165) is 44.8 Å². The van der Waals surface area contributed by atoms with Gasteiger partial charge in [0.1, 0.15) is 6.04 Å². The molecule has 1 fully saturated rings. The van der Waals surface area contributed by atoms with Gasteiger partial charge in [0.2, 0.25) is 15.9 Å². The van der Waals surface area contributed by atoms with Gasteiger partial charge < -0.3 is 10.1 Å². The third-order valence-electron chi connectivity index (χ3n) is 4.41. The molecule has 1 aromatic rings. The maximum absolute atomic E-state index is 12.4. The molecule has 2 rings (SSSR count). The van der Waals surface area contributed by atoms with Crippen molar-refractivity contribution >= 4 is 15.9 Å². The number of hydrogen-bond donors (Lipinski definition) is 2. The summed E-state index contributed by atoms with van der Waals surface area (Å²) in [6.45, 7) is 8.45. The zero-order valence-corrected chi connectivity index (χ0v) is 16.3. The molecule has 1 amide bonds. The molecular formula is C18H29N3O4S. The lowest BCUT2D eigenvalue weighted by atomic mass is 10.2. The quantitative estimate of drug-likeness (QED) is 0.619. The number of carbonyl (C=O) groups is 1. The van der Waals surface area contributed by atoms with Crippen LogP contribution in [0, 0.1) is 6.92 Å². The Morgan fingerprint density at radius 3 is 2.50 bits per heavy atom. The van der Waals surface area contributed by atoms with Crippen LogP contribution in [0.4, 0.5) is 0 Å². The van der Waals surface area contributed by atoms with Crippen molar-refractivity contribution < 1.29 is 17.9 Å². The molecule has 26 heavy (non-hydrogen) atoms. The van der Waals surface area contributed by atoms with Crippen molar-refractivity contribution in [1.82, 2.24) is 14.9 Å². The third kappa shape index (κ3) is 6.35. The van der Waals surface area contributed by atoms with Crippen molar-refractivity contribution in [3.05, 3.63) is 29.8 Å². The van der Waals surface area contributed by atoms with Gasteiger partial charge in [0.15, 0.2) is 0 Å². The smallest absolute Gasteiger partial charge is 0.241 e. The standard InChI is InChI=1S/C18H29N3O4S/c1-3-17(20-26(23,24)16-7-5-15(2)6-8-16)18(22)19-9-4-10-21-11-13-25-14-12-21/h5-8,17,20H,3-4,9-14H2,1-2H3,(H,19,22). The van der Waals surface area contributed by atoms with Crippen molar-refractivity contribution in [2.75, 3.05) is 39.4 Å². The predicted octanol–water partition coefficient (Wildman–Crippen LogP) is 0.890. The van der Waals surface area contributed by atoms with Crippen molar-refractivity contribution in [2.45, 2.75) is 37.6 Å². The molecular weight excluding hydrogens is 354 g/mol. The highest BCUT2D eigenvalue weighted by molar-refractivity contribution is 7.89. The Labute approximate surface area is 156 Å². The number of ether oxygens (including phenoxy) is 1. The maximum Gasteiger partial charge on any atom is 0.241 e. The molecule has 0 aromatic heterocycles. The molecule has 2 N–H and O–H groups in total. The van der Waals surface area contributed by atoms with Crippen molar-refractivity contribution in [2.24, 2.45) is 0 Å². The number of morpholine rings is 1. The summed E-state index contributed by atoms with van der Waals surface area (Å²) < 4.78 is 32.7. The van der Waals surface area contributed by atoms with Crippen LogP contribution in [0.25, 0.3) is 0 Å². The lowest BCUT2D eigenvalue weighted by Crippen LogP contribution is -2.47. The second-order valence-electron chi connectivity index (χ2n) is 6.49. The van der Waals surface area contributed by atoms with E-state index in [1.807, 2.05) is 6.92 Å². The molecule has 0 saturated carbocycles. The molecule has 1 atom stereocenters. The Balaban J connectivity index is 1.80. The van der Waals surface area contributed by atoms with Crippen molar-refractivity contribution in [1.29, 1.82) is 0 Å². The van der Waals surface area contributed by atoms with E-state index in [2.05, 4.69) is 14.9 Å². The van der Waals surface area contributed by atoms with Gasteiger partial charge in [0.05, 0.1) is 18.1 Å². The number of sulfonamides is 1. The van der Waals surface area contributed by atoms with E-state index in [1.54, 1.807) is 31.2 Å². The summed E-state index contributed by atoms with van der Waals surface area (Å²) in [5, 5.41) is 2.83. The molecule has 1 heterocycles. The molecule has 7 nitrogen and oxygen atoms in total. The number of aryl methyl sites for hydroxylation is 1. The maximum atomic E-state index is 12.4. The molecule has 1 aromatic carbocycles. The van der Waals surface area contributed by atoms with Gasteiger partial charge >= 0.3 is 0 Å². The number of carbonyl (C=O) groups excluding carboxylic acids is 1. The first kappa shape index (κ1) is 20.8. The molecule has 0 radical (unpaired) electrons. The summed E-state index contributed by atoms with van der Waals surface area (Å²) in [5.74, 6) is -0.287. The second-order valence-corrected chi connectivity index (χ2v) is 8.21. The molecule has 1 aliphatic heterocycles. The SMILES string of the molecule is CCC(NS(=O)(=O)c1ccc(C)cc1)C(=O)NCCCN1CCOCC1. The normalized spacial score (nSPS) is 17.0. The first-order chi connectivity index (χ1) is 12.4. The Bertz CT molecular complexity index is 670. The average molecular weight is 384 g/mol. The van der Waals surface area contributed by atoms with Crippen LogP contribution in [0.2, 0.25) is 0 Å². The van der Waals surface area contributed by atoms with E-state index in [9.17, 15) is 13.2 Å². The number of benzene rings is 1. The lowest BCUT2D eigenvalue weighted by molar-refractivity contribution is -0.122. The summed E-state index contributed by atoms with van der Waals surface area (Å²) in [4.78, 5) is 14.8. The number of hydrogen-bond acceptors (Lipinski definition) is 5. The minimum atomic E-state index is -3.71. The highest BCUT2D eigenvalue weighted by Gasteiger charge is 2.24. The number of rotatable bonds is 9. The van der Waals surface area contributed by atoms with E-state index in [4.69, 9.17) is 4.74 Å². The van der Waals surface area contributed by atoms with Gasteiger partial charge in [-0.05, 0) is 38.4 Å². The predicted molar refractivity (Wildman–Crippen MR) is 100 cm³/mol. The van der Waals surface area contributed by atoms with E-state index < -0.39 is 16.1 Å². The number of nitrogens with zero attached hydrogens (tertiary/aromatic N) is 1. The van der Waals surface area contributed by atoms with E-state index in [-0.39, 0.29) is 10.8 Å². The summed E-state index contributed by atoms with van der Waals surface area (Å²) in [5.41, 5.74) is 0.981. The largest absolute Gasteiger partial charge is 0.379 e. The van der Waals surface area contributed by atoms with Gasteiger partial charge in [-0.2, -0.15) is 4.72 Å². The summed E-state index contributed by atoms with van der Waals surface area (Å²) in [6.07, 6.45) is 1.22. The zero-order valence-electron chi connectivity index (χ0n) is 15.5. The molecule has 1 unspecified atom stereocenters. The highest BCUT2D eigenvalue weighted by atomic mass is 32.2. The van der Waals surface area contributed by atoms with Crippen LogP contribution >= 0.6 is 0 Å². The van der Waals surface area contributed by atoms with Crippen LogP contribution in [0.3, 0.4) is 0 Å². The summed E-state index contributed by atoms with van der Waals surface area (Å²) >= 11 is 0. The molecule has 0 spiro atoms. The molecule has 0 aliphatic carbocycles. The first-order valence-corrected chi connectivity index (χ1v) is 10.6. The third-order valence-corrected chi connectivity index (χ3v) is 5.90. The fourth-order valence-corrected chi connectivity index (χ4v) is 4.04. The minimum absolute atomic E-state index is 0.168. The van der Waals surface area contributed by atoms with E-state index in [1.165, 1.54) is 0 Å². The van der Waals surface area contributed by atoms with Crippen LogP contribution in [0.1, 0.15) is 25.3 Å². The van der Waals surface area contributed by atoms with E-state index >= 15 is 0 Å². The van der Waals surface area contributed by atoms with Gasteiger partial charge in [-0.15, -0.1) is 0 Å². The van der Waals surface area contributed by atoms with E-state index in [0.29, 0.717) is 13.0 Å². The second kappa shape index (κ2) is 10.0. The zero-order chi connectivity index (χ0) is 19.0. The Hall–Kier alpha value is -1.48. The molecule has 1 saturated heterocycles. The first-order valence-electron chi connectivity index (χ1n) is 9.09.